The molecule has 0 fully saturated rings. The number of rotatable bonds is 6. The minimum Gasteiger partial charge on any atom is -0.545 e. The molecule has 0 bridgehead atoms. The normalized spacial score (nSPS) is 11.0. The molecule has 0 saturated heterocycles. The minimum absolute atomic E-state index is 0. The van der Waals surface area contributed by atoms with Gasteiger partial charge in [0.05, 0.1) is 17.9 Å². The van der Waals surface area contributed by atoms with Crippen LogP contribution in [0.1, 0.15) is 31.1 Å². The summed E-state index contributed by atoms with van der Waals surface area (Å²) in [7, 11) is -13.9. The standard InChI is InChI=1S/3C7H6O6S.Bi/c3*8-6-4(7(9)10)2-1-3-5(6)14(11,12)13;/h3*1-3,8H,(H,9,10)(H,11,12,13);/q;;;+3/p-3. The molecule has 0 heterocycles. The molecule has 18 nitrogen and oxygen atoms in total. The van der Waals surface area contributed by atoms with E-state index in [1.807, 2.05) is 0 Å². The predicted octanol–water partition coefficient (Wildman–Crippen LogP) is -3.37. The maximum Gasteiger partial charge on any atom is 3.00 e. The Morgan fingerprint density at radius 2 is 0.651 bits per heavy atom. The fourth-order valence-corrected chi connectivity index (χ4v) is 4.50. The van der Waals surface area contributed by atoms with Crippen molar-refractivity contribution in [2.75, 3.05) is 0 Å². The predicted molar refractivity (Wildman–Crippen MR) is 133 cm³/mol. The molecule has 3 aromatic carbocycles. The first-order valence-electron chi connectivity index (χ1n) is 10.0. The average molecular weight is 861 g/mol. The average Bonchev–Trinajstić information content (AvgIpc) is 2.82. The van der Waals surface area contributed by atoms with Crippen LogP contribution in [0.25, 0.3) is 0 Å². The fourth-order valence-electron chi connectivity index (χ4n) is 2.69. The summed E-state index contributed by atoms with van der Waals surface area (Å²) in [5.74, 6) is -8.28. The number of carboxylic acid groups (broad SMARTS) is 3. The second-order valence-corrected chi connectivity index (χ2v) is 11.4. The molecule has 230 valence electrons. The molecular formula is C21H15BiO18S3. The molecule has 2 radical (unpaired) electrons. The molecular weight excluding hydrogens is 845 g/mol. The summed E-state index contributed by atoms with van der Waals surface area (Å²) in [5.41, 5.74) is -2.08. The van der Waals surface area contributed by atoms with E-state index >= 15 is 0 Å². The van der Waals surface area contributed by atoms with Crippen molar-refractivity contribution in [2.24, 2.45) is 0 Å². The molecule has 0 aromatic heterocycles. The van der Waals surface area contributed by atoms with Crippen LogP contribution in [0.4, 0.5) is 0 Å². The van der Waals surface area contributed by atoms with E-state index in [0.29, 0.717) is 0 Å². The molecule has 3 aromatic rings. The van der Waals surface area contributed by atoms with Gasteiger partial charge in [0.1, 0.15) is 31.9 Å². The van der Waals surface area contributed by atoms with E-state index in [9.17, 15) is 55.0 Å². The molecule has 22 heteroatoms. The third-order valence-corrected chi connectivity index (χ3v) is 7.15. The number of phenols is 3. The fraction of sp³-hybridized carbons (Fsp3) is 0. The first kappa shape index (κ1) is 39.1. The van der Waals surface area contributed by atoms with Gasteiger partial charge in [-0.2, -0.15) is 25.3 Å². The van der Waals surface area contributed by atoms with E-state index in [4.69, 9.17) is 29.0 Å². The largest absolute Gasteiger partial charge is 3.00 e. The third kappa shape index (κ3) is 10.7. The Kier molecular flexibility index (Phi) is 13.6. The van der Waals surface area contributed by atoms with E-state index in [-0.39, 0.29) is 26.2 Å². The van der Waals surface area contributed by atoms with Crippen LogP contribution in [0, 0.1) is 0 Å². The van der Waals surface area contributed by atoms with E-state index in [0.717, 1.165) is 54.6 Å². The van der Waals surface area contributed by atoms with Crippen LogP contribution in [0.3, 0.4) is 0 Å². The molecule has 6 N–H and O–H groups in total. The number of para-hydroxylation sites is 3. The molecule has 3 rings (SSSR count). The Balaban J connectivity index is 0.000000608. The molecule has 0 saturated carbocycles. The Morgan fingerprint density at radius 3 is 0.791 bits per heavy atom. The van der Waals surface area contributed by atoms with Gasteiger partial charge in [0.2, 0.25) is 0 Å². The smallest absolute Gasteiger partial charge is 0.545 e. The zero-order valence-corrected chi connectivity index (χ0v) is 26.4. The monoisotopic (exact) mass is 860 g/mol. The van der Waals surface area contributed by atoms with Gasteiger partial charge in [-0.05, 0) is 36.4 Å². The first-order chi connectivity index (χ1) is 19.0. The van der Waals surface area contributed by atoms with Gasteiger partial charge in [-0.15, -0.1) is 0 Å². The third-order valence-electron chi connectivity index (χ3n) is 4.49. The van der Waals surface area contributed by atoms with Crippen molar-refractivity contribution in [2.45, 2.75) is 14.7 Å². The van der Waals surface area contributed by atoms with Crippen LogP contribution in [0.2, 0.25) is 0 Å². The zero-order chi connectivity index (χ0) is 32.8. The SMILES string of the molecule is O=C([O-])c1cccc(S(=O)(=O)O)c1O.O=C([O-])c1cccc(S(=O)(=O)O)c1O.O=C([O-])c1cccc(S(=O)(=O)O)c1O.[Bi+3]. The van der Waals surface area contributed by atoms with Gasteiger partial charge in [0.25, 0.3) is 30.4 Å². The van der Waals surface area contributed by atoms with Gasteiger partial charge in [0.15, 0.2) is 0 Å². The summed E-state index contributed by atoms with van der Waals surface area (Å²) in [5, 5.41) is 58.5. The number of benzene rings is 3. The van der Waals surface area contributed by atoms with Crippen molar-refractivity contribution in [3.8, 4) is 17.2 Å². The molecule has 0 unspecified atom stereocenters. The Bertz CT molecular complexity index is 1650. The van der Waals surface area contributed by atoms with E-state index in [2.05, 4.69) is 0 Å². The quantitative estimate of drug-likeness (QED) is 0.104. The number of hydrogen-bond acceptors (Lipinski definition) is 15. The van der Waals surface area contributed by atoms with Crippen LogP contribution < -0.4 is 15.3 Å². The topological polar surface area (TPSA) is 344 Å². The molecule has 0 atom stereocenters. The van der Waals surface area contributed by atoms with Crippen molar-refractivity contribution < 1.29 is 83.9 Å². The maximum atomic E-state index is 10.6. The Labute approximate surface area is 260 Å². The summed E-state index contributed by atoms with van der Waals surface area (Å²) < 4.78 is 89.4. The van der Waals surface area contributed by atoms with Crippen LogP contribution in [0.5, 0.6) is 17.2 Å². The second-order valence-electron chi connectivity index (χ2n) is 7.24. The van der Waals surface area contributed by atoms with Crippen LogP contribution in [-0.4, -0.2) is 98.3 Å². The zero-order valence-electron chi connectivity index (χ0n) is 20.5. The number of aromatic hydroxyl groups is 3. The van der Waals surface area contributed by atoms with Crippen molar-refractivity contribution in [1.82, 2.24) is 0 Å². The van der Waals surface area contributed by atoms with Crippen LogP contribution in [-0.2, 0) is 30.4 Å². The van der Waals surface area contributed by atoms with E-state index < -0.39 is 96.9 Å². The number of aromatic carboxylic acids is 3. The summed E-state index contributed by atoms with van der Waals surface area (Å²) in [6.07, 6.45) is 0. The van der Waals surface area contributed by atoms with Crippen molar-refractivity contribution >= 4 is 74.5 Å². The molecule has 43 heavy (non-hydrogen) atoms. The van der Waals surface area contributed by atoms with Gasteiger partial charge in [-0.1, -0.05) is 18.2 Å². The Hall–Kier alpha value is -3.92. The van der Waals surface area contributed by atoms with Crippen molar-refractivity contribution in [3.63, 3.8) is 0 Å². The van der Waals surface area contributed by atoms with Gasteiger partial charge >= 0.3 is 26.2 Å². The number of hydrogen-bond donors (Lipinski definition) is 6. The van der Waals surface area contributed by atoms with Gasteiger partial charge in [0, 0.05) is 16.7 Å². The molecule has 0 amide bonds. The molecule has 0 aliphatic rings. The summed E-state index contributed by atoms with van der Waals surface area (Å²) in [4.78, 5) is 28.5. The second kappa shape index (κ2) is 15.0. The van der Waals surface area contributed by atoms with Crippen LogP contribution >= 0.6 is 0 Å². The molecule has 0 spiro atoms. The van der Waals surface area contributed by atoms with Crippen molar-refractivity contribution in [1.29, 1.82) is 0 Å². The van der Waals surface area contributed by atoms with Gasteiger partial charge in [-0.3, -0.25) is 13.7 Å². The number of carbonyl (C=O) groups excluding carboxylic acids is 3. The van der Waals surface area contributed by atoms with Crippen molar-refractivity contribution in [3.05, 3.63) is 71.3 Å². The summed E-state index contributed by atoms with van der Waals surface area (Å²) >= 11 is 0. The summed E-state index contributed by atoms with van der Waals surface area (Å²) in [6.45, 7) is 0. The van der Waals surface area contributed by atoms with Gasteiger partial charge in [-0.25, -0.2) is 0 Å². The molecule has 0 aliphatic carbocycles. The summed E-state index contributed by atoms with van der Waals surface area (Å²) in [6, 6.07) is 8.68. The van der Waals surface area contributed by atoms with Crippen LogP contribution in [0.15, 0.2) is 69.3 Å². The molecule has 0 aliphatic heterocycles. The van der Waals surface area contributed by atoms with E-state index in [1.54, 1.807) is 0 Å². The number of carbonyl (C=O) groups is 3. The first-order valence-corrected chi connectivity index (χ1v) is 14.4. The minimum atomic E-state index is -4.63. The Morgan fingerprint density at radius 1 is 0.465 bits per heavy atom. The van der Waals surface area contributed by atoms with Gasteiger partial charge < -0.3 is 45.0 Å². The van der Waals surface area contributed by atoms with E-state index in [1.165, 1.54) is 0 Å². The maximum absolute atomic E-state index is 10.6. The number of carboxylic acids is 3.